The molecule has 0 aromatic rings. The maximum absolute atomic E-state index is 15.2. The van der Waals surface area contributed by atoms with Crippen LogP contribution in [0.1, 0.15) is 117 Å². The second-order valence-corrected chi connectivity index (χ2v) is 10.6. The molecule has 3 saturated carbocycles. The van der Waals surface area contributed by atoms with E-state index in [1.165, 1.54) is 38.5 Å². The van der Waals surface area contributed by atoms with Crippen molar-refractivity contribution in [1.29, 1.82) is 0 Å². The monoisotopic (exact) mass is 368 g/mol. The van der Waals surface area contributed by atoms with Gasteiger partial charge >= 0.3 is 0 Å². The molecule has 3 fully saturated rings. The highest BCUT2D eigenvalue weighted by Crippen LogP contribution is 2.45. The predicted octanol–water partition coefficient (Wildman–Crippen LogP) is 8.19. The van der Waals surface area contributed by atoms with Gasteiger partial charge < -0.3 is 0 Å². The smallest absolute Gasteiger partial charge is 0.111 e. The van der Waals surface area contributed by atoms with E-state index in [0.717, 1.165) is 43.4 Å². The molecule has 2 heteroatoms. The largest absolute Gasteiger partial charge is 0.244 e. The van der Waals surface area contributed by atoms with E-state index < -0.39 is 11.3 Å². The third kappa shape index (κ3) is 5.93. The zero-order chi connectivity index (χ0) is 18.6. The Bertz CT molecular complexity index is 408. The zero-order valence-electron chi connectivity index (χ0n) is 17.4. The highest BCUT2D eigenvalue weighted by Gasteiger charge is 2.40. The summed E-state index contributed by atoms with van der Waals surface area (Å²) in [4.78, 5) is 0. The van der Waals surface area contributed by atoms with Crippen molar-refractivity contribution in [1.82, 2.24) is 0 Å². The van der Waals surface area contributed by atoms with E-state index in [1.807, 2.05) is 0 Å². The summed E-state index contributed by atoms with van der Waals surface area (Å²) in [5.74, 6) is 3.25. The van der Waals surface area contributed by atoms with Gasteiger partial charge in [0.15, 0.2) is 0 Å². The second-order valence-electron chi connectivity index (χ2n) is 10.6. The van der Waals surface area contributed by atoms with Crippen LogP contribution < -0.4 is 0 Å². The molecule has 3 aliphatic rings. The summed E-state index contributed by atoms with van der Waals surface area (Å²) in [5.41, 5.74) is -2.14. The molecule has 0 amide bonds. The Morgan fingerprint density at radius 3 is 1.46 bits per heavy atom. The minimum Gasteiger partial charge on any atom is -0.244 e. The molecular formula is C24H42F2. The maximum Gasteiger partial charge on any atom is 0.111 e. The van der Waals surface area contributed by atoms with Crippen molar-refractivity contribution in [2.24, 2.45) is 23.7 Å². The topological polar surface area (TPSA) is 0 Å². The van der Waals surface area contributed by atoms with Crippen LogP contribution in [0.2, 0.25) is 0 Å². The van der Waals surface area contributed by atoms with E-state index in [0.29, 0.717) is 44.4 Å². The van der Waals surface area contributed by atoms with E-state index >= 15 is 4.39 Å². The zero-order valence-corrected chi connectivity index (χ0v) is 17.4. The maximum atomic E-state index is 15.2. The normalized spacial score (nSPS) is 44.8. The predicted molar refractivity (Wildman–Crippen MR) is 107 cm³/mol. The highest BCUT2D eigenvalue weighted by atomic mass is 19.1. The van der Waals surface area contributed by atoms with Gasteiger partial charge in [-0.05, 0) is 87.9 Å². The van der Waals surface area contributed by atoms with Gasteiger partial charge in [-0.1, -0.05) is 52.4 Å². The lowest BCUT2D eigenvalue weighted by Gasteiger charge is -2.38. The van der Waals surface area contributed by atoms with Crippen molar-refractivity contribution in [3.63, 3.8) is 0 Å². The summed E-state index contributed by atoms with van der Waals surface area (Å²) in [5, 5.41) is 0. The summed E-state index contributed by atoms with van der Waals surface area (Å²) in [6.45, 7) is 4.60. The van der Waals surface area contributed by atoms with Gasteiger partial charge in [-0.15, -0.1) is 0 Å². The molecule has 0 nitrogen and oxygen atoms in total. The SMILES string of the molecule is CC1CCC(CCC2CCC(F)(CCC3(F)CCC(C)CC3)CC2)CC1. The summed E-state index contributed by atoms with van der Waals surface area (Å²) in [7, 11) is 0. The van der Waals surface area contributed by atoms with Crippen LogP contribution in [0.3, 0.4) is 0 Å². The summed E-state index contributed by atoms with van der Waals surface area (Å²) >= 11 is 0. The molecular weight excluding hydrogens is 326 g/mol. The molecule has 0 aliphatic heterocycles. The molecule has 0 heterocycles. The number of hydrogen-bond donors (Lipinski definition) is 0. The number of alkyl halides is 2. The third-order valence-corrected chi connectivity index (χ3v) is 8.31. The van der Waals surface area contributed by atoms with Crippen LogP contribution in [0, 0.1) is 23.7 Å². The quantitative estimate of drug-likeness (QED) is 0.443. The molecule has 152 valence electrons. The van der Waals surface area contributed by atoms with E-state index in [9.17, 15) is 4.39 Å². The summed E-state index contributed by atoms with van der Waals surface area (Å²) < 4.78 is 30.2. The molecule has 0 unspecified atom stereocenters. The Balaban J connectivity index is 1.34. The van der Waals surface area contributed by atoms with Gasteiger partial charge in [0.05, 0.1) is 0 Å². The molecule has 0 spiro atoms. The van der Waals surface area contributed by atoms with Crippen LogP contribution in [-0.4, -0.2) is 11.3 Å². The first-order valence-corrected chi connectivity index (χ1v) is 11.7. The lowest BCUT2D eigenvalue weighted by atomic mass is 9.72. The Kier molecular flexibility index (Phi) is 7.05. The fraction of sp³-hybridized carbons (Fsp3) is 1.00. The fourth-order valence-corrected chi connectivity index (χ4v) is 5.80. The first-order chi connectivity index (χ1) is 12.4. The highest BCUT2D eigenvalue weighted by molar-refractivity contribution is 4.92. The number of rotatable bonds is 6. The molecule has 0 aromatic heterocycles. The summed E-state index contributed by atoms with van der Waals surface area (Å²) in [6, 6.07) is 0. The lowest BCUT2D eigenvalue weighted by Crippen LogP contribution is -2.35. The van der Waals surface area contributed by atoms with Crippen LogP contribution in [0.25, 0.3) is 0 Å². The van der Waals surface area contributed by atoms with Gasteiger partial charge in [0.25, 0.3) is 0 Å². The third-order valence-electron chi connectivity index (χ3n) is 8.31. The fourth-order valence-electron chi connectivity index (χ4n) is 5.80. The van der Waals surface area contributed by atoms with Gasteiger partial charge in [-0.2, -0.15) is 0 Å². The standard InChI is InChI=1S/C24H42F2/c1-19-3-5-21(6-4-19)7-8-22-11-15-24(26,16-12-22)18-17-23(25)13-9-20(2)10-14-23/h19-22H,3-18H2,1-2H3. The van der Waals surface area contributed by atoms with E-state index in [4.69, 9.17) is 0 Å². The Morgan fingerprint density at radius 1 is 0.577 bits per heavy atom. The van der Waals surface area contributed by atoms with Crippen molar-refractivity contribution < 1.29 is 8.78 Å². The minimum absolute atomic E-state index is 0.459. The second kappa shape index (κ2) is 8.91. The molecule has 0 N–H and O–H groups in total. The Labute approximate surface area is 160 Å². The van der Waals surface area contributed by atoms with Crippen LogP contribution in [0.4, 0.5) is 8.78 Å². The van der Waals surface area contributed by atoms with Gasteiger partial charge in [-0.3, -0.25) is 0 Å². The van der Waals surface area contributed by atoms with Crippen molar-refractivity contribution in [2.75, 3.05) is 0 Å². The van der Waals surface area contributed by atoms with Crippen LogP contribution in [0.5, 0.6) is 0 Å². The first kappa shape index (κ1) is 20.6. The molecule has 0 radical (unpaired) electrons. The molecule has 0 atom stereocenters. The van der Waals surface area contributed by atoms with Crippen molar-refractivity contribution in [3.8, 4) is 0 Å². The average molecular weight is 369 g/mol. The van der Waals surface area contributed by atoms with Gasteiger partial charge in [0.2, 0.25) is 0 Å². The molecule has 26 heavy (non-hydrogen) atoms. The Hall–Kier alpha value is -0.140. The van der Waals surface area contributed by atoms with E-state index in [2.05, 4.69) is 13.8 Å². The first-order valence-electron chi connectivity index (χ1n) is 11.7. The number of hydrogen-bond acceptors (Lipinski definition) is 0. The van der Waals surface area contributed by atoms with Gasteiger partial charge in [0.1, 0.15) is 11.3 Å². The van der Waals surface area contributed by atoms with Gasteiger partial charge in [0, 0.05) is 0 Å². The Morgan fingerprint density at radius 2 is 0.962 bits per heavy atom. The van der Waals surface area contributed by atoms with Crippen molar-refractivity contribution >= 4 is 0 Å². The van der Waals surface area contributed by atoms with Crippen LogP contribution in [-0.2, 0) is 0 Å². The molecule has 0 bridgehead atoms. The van der Waals surface area contributed by atoms with Crippen molar-refractivity contribution in [2.45, 2.75) is 128 Å². The average Bonchev–Trinajstić information content (AvgIpc) is 2.64. The number of halogens is 2. The molecule has 3 rings (SSSR count). The lowest BCUT2D eigenvalue weighted by molar-refractivity contribution is 0.0222. The molecule has 0 saturated heterocycles. The van der Waals surface area contributed by atoms with Gasteiger partial charge in [-0.25, -0.2) is 8.78 Å². The van der Waals surface area contributed by atoms with E-state index in [-0.39, 0.29) is 0 Å². The van der Waals surface area contributed by atoms with E-state index in [1.54, 1.807) is 0 Å². The van der Waals surface area contributed by atoms with Crippen LogP contribution in [0.15, 0.2) is 0 Å². The minimum atomic E-state index is -1.07. The molecule has 3 aliphatic carbocycles. The summed E-state index contributed by atoms with van der Waals surface area (Å²) in [6.07, 6.45) is 16.0. The van der Waals surface area contributed by atoms with Crippen molar-refractivity contribution in [3.05, 3.63) is 0 Å². The molecule has 0 aromatic carbocycles. The van der Waals surface area contributed by atoms with Crippen LogP contribution >= 0.6 is 0 Å².